The van der Waals surface area contributed by atoms with Gasteiger partial charge in [0.15, 0.2) is 11.0 Å². The van der Waals surface area contributed by atoms with Gasteiger partial charge in [0, 0.05) is 24.6 Å². The van der Waals surface area contributed by atoms with Gasteiger partial charge in [0.25, 0.3) is 5.56 Å². The van der Waals surface area contributed by atoms with E-state index in [-0.39, 0.29) is 5.56 Å². The largest absolute Gasteiger partial charge is 0.381 e. The predicted molar refractivity (Wildman–Crippen MR) is 107 cm³/mol. The Morgan fingerprint density at radius 3 is 2.85 bits per heavy atom. The first-order valence-electron chi connectivity index (χ1n) is 9.58. The second-order valence-electron chi connectivity index (χ2n) is 6.60. The van der Waals surface area contributed by atoms with E-state index >= 15 is 0 Å². The molecule has 0 fully saturated rings. The van der Waals surface area contributed by atoms with Crippen molar-refractivity contribution in [3.8, 4) is 17.1 Å². The van der Waals surface area contributed by atoms with Crippen molar-refractivity contribution in [2.45, 2.75) is 44.3 Å². The molecule has 27 heavy (non-hydrogen) atoms. The Morgan fingerprint density at radius 1 is 1.19 bits per heavy atom. The average molecular weight is 385 g/mol. The molecule has 0 aliphatic carbocycles. The van der Waals surface area contributed by atoms with E-state index in [2.05, 4.69) is 9.67 Å². The third kappa shape index (κ3) is 3.66. The van der Waals surface area contributed by atoms with Crippen LogP contribution in [0.15, 0.2) is 40.3 Å². The van der Waals surface area contributed by atoms with Crippen molar-refractivity contribution in [1.82, 2.24) is 19.3 Å². The monoisotopic (exact) mass is 384 g/mol. The van der Waals surface area contributed by atoms with Crippen LogP contribution in [0.4, 0.5) is 0 Å². The molecule has 0 amide bonds. The fourth-order valence-corrected chi connectivity index (χ4v) is 4.44. The van der Waals surface area contributed by atoms with Crippen LogP contribution in [-0.4, -0.2) is 38.3 Å². The summed E-state index contributed by atoms with van der Waals surface area (Å²) in [5, 5.41) is 5.50. The van der Waals surface area contributed by atoms with E-state index < -0.39 is 0 Å². The highest BCUT2D eigenvalue weighted by molar-refractivity contribution is 7.99. The van der Waals surface area contributed by atoms with Gasteiger partial charge in [-0.25, -0.2) is 4.98 Å². The maximum Gasteiger partial charge on any atom is 0.284 e. The molecule has 0 N–H and O–H groups in total. The normalized spacial score (nSPS) is 14.3. The molecule has 3 heterocycles. The van der Waals surface area contributed by atoms with Crippen molar-refractivity contribution in [3.05, 3.63) is 46.4 Å². The van der Waals surface area contributed by atoms with E-state index in [0.29, 0.717) is 18.0 Å². The van der Waals surface area contributed by atoms with Crippen LogP contribution in [0.25, 0.3) is 17.1 Å². The predicted octanol–water partition coefficient (Wildman–Crippen LogP) is 3.39. The van der Waals surface area contributed by atoms with Gasteiger partial charge < -0.3 is 9.30 Å². The zero-order valence-electron chi connectivity index (χ0n) is 15.6. The topological polar surface area (TPSA) is 61.9 Å². The first-order chi connectivity index (χ1) is 13.3. The quantitative estimate of drug-likeness (QED) is 0.370. The Hall–Kier alpha value is -2.12. The summed E-state index contributed by atoms with van der Waals surface area (Å²) in [4.78, 5) is 17.9. The lowest BCUT2D eigenvalue weighted by Gasteiger charge is -2.17. The number of rotatable bonds is 6. The summed E-state index contributed by atoms with van der Waals surface area (Å²) in [6.45, 7) is 4.33. The molecule has 7 heteroatoms. The van der Waals surface area contributed by atoms with Crippen LogP contribution >= 0.6 is 11.8 Å². The molecular weight excluding hydrogens is 360 g/mol. The van der Waals surface area contributed by atoms with Crippen LogP contribution in [0.1, 0.15) is 31.9 Å². The van der Waals surface area contributed by atoms with E-state index in [4.69, 9.17) is 9.72 Å². The molecule has 6 nitrogen and oxygen atoms in total. The fraction of sp³-hybridized carbons (Fsp3) is 0.450. The van der Waals surface area contributed by atoms with Gasteiger partial charge in [0.1, 0.15) is 5.56 Å². The van der Waals surface area contributed by atoms with Gasteiger partial charge in [-0.15, -0.1) is 5.10 Å². The molecule has 142 valence electrons. The second-order valence-corrected chi connectivity index (χ2v) is 7.66. The lowest BCUT2D eigenvalue weighted by molar-refractivity contribution is 0.164. The SMILES string of the molecule is CCOCCSc1nc2nn(-c3ccccc3)c(=O)c-2c2n1CCCCC2. The summed E-state index contributed by atoms with van der Waals surface area (Å²) in [6.07, 6.45) is 4.28. The van der Waals surface area contributed by atoms with E-state index in [1.165, 1.54) is 11.1 Å². The highest BCUT2D eigenvalue weighted by Gasteiger charge is 2.26. The summed E-state index contributed by atoms with van der Waals surface area (Å²) in [5.41, 5.74) is 2.47. The summed E-state index contributed by atoms with van der Waals surface area (Å²) < 4.78 is 9.19. The molecule has 1 aromatic carbocycles. The van der Waals surface area contributed by atoms with Crippen molar-refractivity contribution in [3.63, 3.8) is 0 Å². The van der Waals surface area contributed by atoms with Crippen LogP contribution in [0.3, 0.4) is 0 Å². The highest BCUT2D eigenvalue weighted by Crippen LogP contribution is 2.30. The molecule has 0 unspecified atom stereocenters. The van der Waals surface area contributed by atoms with Gasteiger partial charge in [0.05, 0.1) is 12.3 Å². The van der Waals surface area contributed by atoms with E-state index in [1.54, 1.807) is 11.8 Å². The summed E-state index contributed by atoms with van der Waals surface area (Å²) >= 11 is 1.69. The highest BCUT2D eigenvalue weighted by atomic mass is 32.2. The standard InChI is InChI=1S/C20H24N4O2S/c1-2-26-13-14-27-20-21-18-17(16-11-7-4-8-12-23(16)20)19(25)24(22-18)15-9-5-3-6-10-15/h3,5-6,9-10H,2,4,7-8,11-14H2,1H3. The van der Waals surface area contributed by atoms with E-state index in [0.717, 1.165) is 54.7 Å². The Kier molecular flexibility index (Phi) is 5.59. The van der Waals surface area contributed by atoms with Crippen molar-refractivity contribution in [2.75, 3.05) is 19.0 Å². The molecule has 3 aliphatic heterocycles. The second kappa shape index (κ2) is 8.27. The summed E-state index contributed by atoms with van der Waals surface area (Å²) in [7, 11) is 0. The molecular formula is C20H24N4O2S. The average Bonchev–Trinajstić information content (AvgIpc) is 2.87. The first-order valence-corrected chi connectivity index (χ1v) is 10.6. The molecule has 0 saturated carbocycles. The number of aromatic nitrogens is 4. The number of ether oxygens (including phenoxy) is 1. The molecule has 0 bridgehead atoms. The smallest absolute Gasteiger partial charge is 0.284 e. The number of nitrogens with zero attached hydrogens (tertiary/aromatic N) is 4. The Morgan fingerprint density at radius 2 is 2.04 bits per heavy atom. The Bertz CT molecular complexity index is 935. The summed E-state index contributed by atoms with van der Waals surface area (Å²) in [6, 6.07) is 9.57. The van der Waals surface area contributed by atoms with E-state index in [9.17, 15) is 4.79 Å². The maximum atomic E-state index is 13.1. The maximum absolute atomic E-state index is 13.1. The Labute approximate surface area is 162 Å². The van der Waals surface area contributed by atoms with Crippen LogP contribution in [0, 0.1) is 0 Å². The van der Waals surface area contributed by atoms with Crippen molar-refractivity contribution in [2.24, 2.45) is 0 Å². The molecule has 0 radical (unpaired) electrons. The van der Waals surface area contributed by atoms with Gasteiger partial charge in [-0.3, -0.25) is 4.79 Å². The molecule has 0 saturated heterocycles. The fourth-order valence-electron chi connectivity index (χ4n) is 3.54. The summed E-state index contributed by atoms with van der Waals surface area (Å²) in [5.74, 6) is 1.39. The van der Waals surface area contributed by atoms with Gasteiger partial charge >= 0.3 is 0 Å². The van der Waals surface area contributed by atoms with Gasteiger partial charge in [-0.1, -0.05) is 36.4 Å². The number of hydrogen-bond donors (Lipinski definition) is 0. The van der Waals surface area contributed by atoms with Crippen molar-refractivity contribution in [1.29, 1.82) is 0 Å². The van der Waals surface area contributed by atoms with Gasteiger partial charge in [0.2, 0.25) is 0 Å². The minimum absolute atomic E-state index is 0.0692. The number of thioether (sulfide) groups is 1. The number of fused-ring (bicyclic) bond motifs is 3. The van der Waals surface area contributed by atoms with Crippen LogP contribution in [0.2, 0.25) is 0 Å². The number of benzene rings is 1. The van der Waals surface area contributed by atoms with Crippen LogP contribution in [0.5, 0.6) is 0 Å². The molecule has 0 spiro atoms. The first kappa shape index (κ1) is 18.3. The molecule has 3 aliphatic rings. The Balaban J connectivity index is 1.82. The molecule has 0 aromatic heterocycles. The minimum atomic E-state index is -0.0692. The van der Waals surface area contributed by atoms with Crippen molar-refractivity contribution < 1.29 is 4.74 Å². The lowest BCUT2D eigenvalue weighted by atomic mass is 10.1. The van der Waals surface area contributed by atoms with Crippen LogP contribution in [-0.2, 0) is 17.7 Å². The van der Waals surface area contributed by atoms with Gasteiger partial charge in [-0.05, 0) is 38.3 Å². The lowest BCUT2D eigenvalue weighted by Crippen LogP contribution is -2.19. The van der Waals surface area contributed by atoms with E-state index in [1.807, 2.05) is 37.3 Å². The molecule has 4 rings (SSSR count). The molecule has 1 aromatic rings. The zero-order chi connectivity index (χ0) is 18.6. The number of hydrogen-bond acceptors (Lipinski definition) is 5. The molecule has 0 atom stereocenters. The van der Waals surface area contributed by atoms with Gasteiger partial charge in [-0.2, -0.15) is 4.68 Å². The van der Waals surface area contributed by atoms with Crippen molar-refractivity contribution >= 4 is 11.8 Å². The third-order valence-corrected chi connectivity index (χ3v) is 5.77. The van der Waals surface area contributed by atoms with Crippen LogP contribution < -0.4 is 5.56 Å². The number of para-hydroxylation sites is 1. The zero-order valence-corrected chi connectivity index (χ0v) is 16.4. The third-order valence-electron chi connectivity index (χ3n) is 4.83. The minimum Gasteiger partial charge on any atom is -0.381 e.